The normalized spacial score (nSPS) is 10.4. The molecule has 2 rings (SSSR count). The van der Waals surface area contributed by atoms with E-state index in [0.29, 0.717) is 22.6 Å². The zero-order valence-electron chi connectivity index (χ0n) is 10.1. The number of benzene rings is 1. The van der Waals surface area contributed by atoms with Crippen molar-refractivity contribution in [3.63, 3.8) is 0 Å². The van der Waals surface area contributed by atoms with E-state index in [0.717, 1.165) is 5.56 Å². The van der Waals surface area contributed by atoms with E-state index in [1.165, 1.54) is 18.3 Å². The zero-order chi connectivity index (χ0) is 13.1. The second kappa shape index (κ2) is 6.47. The van der Waals surface area contributed by atoms with Crippen molar-refractivity contribution in [1.82, 2.24) is 9.78 Å². The maximum Gasteiger partial charge on any atom is 0.333 e. The number of hydrogen-bond donors (Lipinski definition) is 1. The van der Waals surface area contributed by atoms with Crippen molar-refractivity contribution in [1.29, 1.82) is 0 Å². The fourth-order valence-electron chi connectivity index (χ4n) is 1.60. The van der Waals surface area contributed by atoms with E-state index in [-0.39, 0.29) is 18.2 Å². The molecule has 1 aromatic carbocycles. The number of hydrogen-bond acceptors (Lipinski definition) is 2. The maximum absolute atomic E-state index is 12.9. The van der Waals surface area contributed by atoms with E-state index in [1.807, 2.05) is 0 Å². The largest absolute Gasteiger partial charge is 0.378 e. The van der Waals surface area contributed by atoms with E-state index in [4.69, 9.17) is 0 Å². The van der Waals surface area contributed by atoms with Crippen molar-refractivity contribution in [3.8, 4) is 0 Å². The molecule has 0 aliphatic rings. The molecule has 0 amide bonds. The van der Waals surface area contributed by atoms with Crippen LogP contribution in [0.3, 0.4) is 0 Å². The van der Waals surface area contributed by atoms with Crippen molar-refractivity contribution in [2.45, 2.75) is 20.0 Å². The van der Waals surface area contributed by atoms with Gasteiger partial charge in [0.25, 0.3) is 0 Å². The number of alkyl halides is 2. The van der Waals surface area contributed by atoms with Gasteiger partial charge in [-0.1, -0.05) is 12.1 Å². The smallest absolute Gasteiger partial charge is 0.333 e. The van der Waals surface area contributed by atoms with Crippen LogP contribution in [0.4, 0.5) is 18.9 Å². The fraction of sp³-hybridized carbons (Fsp3) is 0.250. The SMILES string of the molecule is Cc1nn(C(F)F)cc1NCc1cccc(F)c1.Cl. The Morgan fingerprint density at radius 3 is 2.68 bits per heavy atom. The summed E-state index contributed by atoms with van der Waals surface area (Å²) < 4.78 is 38.3. The van der Waals surface area contributed by atoms with Gasteiger partial charge in [-0.25, -0.2) is 9.07 Å². The lowest BCUT2D eigenvalue weighted by atomic mass is 10.2. The number of aryl methyl sites for hydroxylation is 1. The number of rotatable bonds is 4. The minimum Gasteiger partial charge on any atom is -0.378 e. The number of nitrogens with one attached hydrogen (secondary N) is 1. The molecule has 2 aromatic rings. The molecule has 0 aliphatic heterocycles. The second-order valence-electron chi connectivity index (χ2n) is 3.87. The van der Waals surface area contributed by atoms with Crippen LogP contribution in [0.5, 0.6) is 0 Å². The standard InChI is InChI=1S/C12H12F3N3.ClH/c1-8-11(7-18(17-8)12(14)15)16-6-9-3-2-4-10(13)5-9;/h2-5,7,12,16H,6H2,1H3;1H. The third kappa shape index (κ3) is 3.89. The molecule has 0 radical (unpaired) electrons. The fourth-order valence-corrected chi connectivity index (χ4v) is 1.60. The molecule has 0 fully saturated rings. The molecule has 0 saturated carbocycles. The zero-order valence-corrected chi connectivity index (χ0v) is 10.9. The van der Waals surface area contributed by atoms with Crippen LogP contribution < -0.4 is 5.32 Å². The van der Waals surface area contributed by atoms with Crippen molar-refractivity contribution < 1.29 is 13.2 Å². The van der Waals surface area contributed by atoms with E-state index in [1.54, 1.807) is 19.1 Å². The predicted octanol–water partition coefficient (Wildman–Crippen LogP) is 3.76. The van der Waals surface area contributed by atoms with Crippen LogP contribution in [0.1, 0.15) is 17.8 Å². The van der Waals surface area contributed by atoms with Gasteiger partial charge < -0.3 is 5.32 Å². The summed E-state index contributed by atoms with van der Waals surface area (Å²) in [6.07, 6.45) is 1.24. The molecule has 0 bridgehead atoms. The molecule has 0 atom stereocenters. The quantitative estimate of drug-likeness (QED) is 0.929. The van der Waals surface area contributed by atoms with E-state index >= 15 is 0 Å². The molecule has 1 N–H and O–H groups in total. The molecule has 1 aromatic heterocycles. The Labute approximate surface area is 114 Å². The minimum atomic E-state index is -2.66. The Balaban J connectivity index is 0.00000180. The van der Waals surface area contributed by atoms with Crippen LogP contribution in [0.25, 0.3) is 0 Å². The molecule has 1 heterocycles. The van der Waals surface area contributed by atoms with Crippen molar-refractivity contribution in [2.75, 3.05) is 5.32 Å². The predicted molar refractivity (Wildman–Crippen MR) is 69.2 cm³/mol. The summed E-state index contributed by atoms with van der Waals surface area (Å²) in [6.45, 7) is -0.672. The lowest BCUT2D eigenvalue weighted by Gasteiger charge is -2.04. The summed E-state index contributed by atoms with van der Waals surface area (Å²) in [7, 11) is 0. The average Bonchev–Trinajstić information content (AvgIpc) is 2.68. The van der Waals surface area contributed by atoms with Gasteiger partial charge in [0, 0.05) is 6.54 Å². The number of nitrogens with zero attached hydrogens (tertiary/aromatic N) is 2. The molecular formula is C12H13ClF3N3. The van der Waals surface area contributed by atoms with Gasteiger partial charge in [0.1, 0.15) is 5.82 Å². The van der Waals surface area contributed by atoms with Gasteiger partial charge in [-0.15, -0.1) is 12.4 Å². The number of halogens is 4. The molecule has 0 spiro atoms. The molecule has 0 saturated heterocycles. The summed E-state index contributed by atoms with van der Waals surface area (Å²) in [4.78, 5) is 0. The lowest BCUT2D eigenvalue weighted by Crippen LogP contribution is -2.00. The highest BCUT2D eigenvalue weighted by atomic mass is 35.5. The molecular weight excluding hydrogens is 279 g/mol. The van der Waals surface area contributed by atoms with Crippen LogP contribution in [-0.2, 0) is 6.54 Å². The summed E-state index contributed by atoms with van der Waals surface area (Å²) in [5.74, 6) is -0.325. The van der Waals surface area contributed by atoms with Crippen LogP contribution in [0, 0.1) is 12.7 Å². The summed E-state index contributed by atoms with van der Waals surface area (Å²) in [6, 6.07) is 6.09. The van der Waals surface area contributed by atoms with Crippen molar-refractivity contribution >= 4 is 18.1 Å². The van der Waals surface area contributed by atoms with Gasteiger partial charge in [-0.2, -0.15) is 13.9 Å². The van der Waals surface area contributed by atoms with Gasteiger partial charge >= 0.3 is 6.55 Å². The van der Waals surface area contributed by atoms with Gasteiger partial charge in [0.15, 0.2) is 0 Å². The Hall–Kier alpha value is -1.69. The van der Waals surface area contributed by atoms with Gasteiger partial charge in [-0.05, 0) is 24.6 Å². The minimum absolute atomic E-state index is 0. The first kappa shape index (κ1) is 15.4. The van der Waals surface area contributed by atoms with Crippen molar-refractivity contribution in [3.05, 3.63) is 47.5 Å². The summed E-state index contributed by atoms with van der Waals surface area (Å²) >= 11 is 0. The van der Waals surface area contributed by atoms with Gasteiger partial charge in [0.2, 0.25) is 0 Å². The van der Waals surface area contributed by atoms with E-state index in [2.05, 4.69) is 10.4 Å². The first-order valence-corrected chi connectivity index (χ1v) is 5.38. The third-order valence-corrected chi connectivity index (χ3v) is 2.49. The molecule has 0 unspecified atom stereocenters. The Bertz CT molecular complexity index is 543. The van der Waals surface area contributed by atoms with Crippen molar-refractivity contribution in [2.24, 2.45) is 0 Å². The van der Waals surface area contributed by atoms with Crippen LogP contribution in [-0.4, -0.2) is 9.78 Å². The highest BCUT2D eigenvalue weighted by molar-refractivity contribution is 5.85. The van der Waals surface area contributed by atoms with Gasteiger partial charge in [-0.3, -0.25) is 0 Å². The highest BCUT2D eigenvalue weighted by Gasteiger charge is 2.10. The van der Waals surface area contributed by atoms with E-state index < -0.39 is 6.55 Å². The van der Waals surface area contributed by atoms with Crippen LogP contribution in [0.2, 0.25) is 0 Å². The maximum atomic E-state index is 12.9. The lowest BCUT2D eigenvalue weighted by molar-refractivity contribution is 0.0563. The van der Waals surface area contributed by atoms with Crippen LogP contribution in [0.15, 0.2) is 30.5 Å². The highest BCUT2D eigenvalue weighted by Crippen LogP contribution is 2.18. The van der Waals surface area contributed by atoms with Gasteiger partial charge in [0.05, 0.1) is 17.6 Å². The topological polar surface area (TPSA) is 29.9 Å². The summed E-state index contributed by atoms with van der Waals surface area (Å²) in [5.41, 5.74) is 1.73. The Morgan fingerprint density at radius 2 is 2.11 bits per heavy atom. The first-order chi connectivity index (χ1) is 8.56. The third-order valence-electron chi connectivity index (χ3n) is 2.49. The number of aromatic nitrogens is 2. The monoisotopic (exact) mass is 291 g/mol. The average molecular weight is 292 g/mol. The second-order valence-corrected chi connectivity index (χ2v) is 3.87. The van der Waals surface area contributed by atoms with E-state index in [9.17, 15) is 13.2 Å². The number of anilines is 1. The summed E-state index contributed by atoms with van der Waals surface area (Å²) in [5, 5.41) is 6.62. The van der Waals surface area contributed by atoms with Crippen LogP contribution >= 0.6 is 12.4 Å². The first-order valence-electron chi connectivity index (χ1n) is 5.38. The Kier molecular flexibility index (Phi) is 5.23. The Morgan fingerprint density at radius 1 is 1.37 bits per heavy atom. The molecule has 19 heavy (non-hydrogen) atoms. The molecule has 3 nitrogen and oxygen atoms in total. The molecule has 104 valence electrons. The molecule has 0 aliphatic carbocycles. The molecule has 7 heteroatoms.